The van der Waals surface area contributed by atoms with E-state index < -0.39 is 0 Å². The maximum absolute atomic E-state index is 6.49. The van der Waals surface area contributed by atoms with Crippen molar-refractivity contribution in [3.05, 3.63) is 22.2 Å². The molecule has 0 radical (unpaired) electrons. The molecule has 0 spiro atoms. The van der Waals surface area contributed by atoms with E-state index in [-0.39, 0.29) is 5.60 Å². The van der Waals surface area contributed by atoms with E-state index in [1.807, 2.05) is 0 Å². The fourth-order valence-corrected chi connectivity index (χ4v) is 4.04. The summed E-state index contributed by atoms with van der Waals surface area (Å²) in [5, 5.41) is 0.668. The highest BCUT2D eigenvalue weighted by molar-refractivity contribution is 6.30. The maximum Gasteiger partial charge on any atom is 0.162 e. The van der Waals surface area contributed by atoms with Crippen LogP contribution in [0.25, 0.3) is 0 Å². The van der Waals surface area contributed by atoms with Gasteiger partial charge in [0.05, 0.1) is 0 Å². The zero-order valence-electron chi connectivity index (χ0n) is 13.0. The van der Waals surface area contributed by atoms with Gasteiger partial charge in [-0.25, -0.2) is 9.97 Å². The summed E-state index contributed by atoms with van der Waals surface area (Å²) in [5.41, 5.74) is 2.06. The molecule has 0 bridgehead atoms. The lowest BCUT2D eigenvalue weighted by atomic mass is 9.83. The standard InChI is InChI=1S/C17H25ClN2O/c1-2-21-17(11-7-4-8-12-17)16-19-14-10-6-3-5-9-13(14)15(18)20-16/h2-12H2,1H3. The van der Waals surface area contributed by atoms with E-state index in [9.17, 15) is 0 Å². The van der Waals surface area contributed by atoms with Crippen LogP contribution in [0.1, 0.15) is 75.4 Å². The second kappa shape index (κ2) is 6.62. The van der Waals surface area contributed by atoms with Crippen LogP contribution in [0.4, 0.5) is 0 Å². The lowest BCUT2D eigenvalue weighted by molar-refractivity contribution is -0.0768. The Morgan fingerprint density at radius 1 is 1.00 bits per heavy atom. The van der Waals surface area contributed by atoms with Gasteiger partial charge in [-0.1, -0.05) is 37.3 Å². The topological polar surface area (TPSA) is 35.0 Å². The molecule has 1 aromatic heterocycles. The minimum absolute atomic E-state index is 0.294. The molecule has 0 unspecified atom stereocenters. The van der Waals surface area contributed by atoms with Gasteiger partial charge in [0.1, 0.15) is 10.8 Å². The average Bonchev–Trinajstić information content (AvgIpc) is 2.74. The van der Waals surface area contributed by atoms with Crippen LogP contribution in [0, 0.1) is 0 Å². The third kappa shape index (κ3) is 3.09. The molecule has 3 rings (SSSR count). The molecule has 21 heavy (non-hydrogen) atoms. The molecule has 0 atom stereocenters. The van der Waals surface area contributed by atoms with Crippen LogP contribution >= 0.6 is 11.6 Å². The summed E-state index contributed by atoms with van der Waals surface area (Å²) in [6.07, 6.45) is 11.4. The third-order valence-electron chi connectivity index (χ3n) is 4.87. The quantitative estimate of drug-likeness (QED) is 0.605. The lowest BCUT2D eigenvalue weighted by Crippen LogP contribution is -2.35. The second-order valence-electron chi connectivity index (χ2n) is 6.31. The first kappa shape index (κ1) is 15.2. The van der Waals surface area contributed by atoms with Gasteiger partial charge in [-0.3, -0.25) is 0 Å². The Balaban J connectivity index is 2.00. The highest BCUT2D eigenvalue weighted by Crippen LogP contribution is 2.40. The van der Waals surface area contributed by atoms with E-state index in [0.717, 1.165) is 31.5 Å². The van der Waals surface area contributed by atoms with Gasteiger partial charge >= 0.3 is 0 Å². The van der Waals surface area contributed by atoms with Gasteiger partial charge in [0, 0.05) is 17.9 Å². The number of halogens is 1. The third-order valence-corrected chi connectivity index (χ3v) is 5.18. The van der Waals surface area contributed by atoms with E-state index in [4.69, 9.17) is 21.3 Å². The Kier molecular flexibility index (Phi) is 4.80. The number of ether oxygens (including phenoxy) is 1. The minimum atomic E-state index is -0.294. The largest absolute Gasteiger partial charge is 0.367 e. The van der Waals surface area contributed by atoms with Crippen molar-refractivity contribution in [1.82, 2.24) is 9.97 Å². The predicted octanol–water partition coefficient (Wildman–Crippen LogP) is 4.59. The molecule has 0 aliphatic heterocycles. The van der Waals surface area contributed by atoms with Crippen LogP contribution in [0.15, 0.2) is 0 Å². The first-order valence-corrected chi connectivity index (χ1v) is 8.83. The van der Waals surface area contributed by atoms with Crippen LogP contribution < -0.4 is 0 Å². The van der Waals surface area contributed by atoms with E-state index in [0.29, 0.717) is 11.8 Å². The number of hydrogen-bond acceptors (Lipinski definition) is 3. The van der Waals surface area contributed by atoms with E-state index in [1.165, 1.54) is 49.8 Å². The molecular weight excluding hydrogens is 284 g/mol. The first-order valence-electron chi connectivity index (χ1n) is 8.45. The summed E-state index contributed by atoms with van der Waals surface area (Å²) in [5.74, 6) is 0.842. The first-order chi connectivity index (χ1) is 10.2. The molecule has 116 valence electrons. The van der Waals surface area contributed by atoms with Crippen LogP contribution in [0.3, 0.4) is 0 Å². The molecule has 3 nitrogen and oxygen atoms in total. The monoisotopic (exact) mass is 308 g/mol. The molecule has 0 N–H and O–H groups in total. The van der Waals surface area contributed by atoms with Crippen LogP contribution in [0.2, 0.25) is 5.15 Å². The van der Waals surface area contributed by atoms with E-state index in [2.05, 4.69) is 11.9 Å². The van der Waals surface area contributed by atoms with Gasteiger partial charge in [-0.15, -0.1) is 0 Å². The van der Waals surface area contributed by atoms with Crippen molar-refractivity contribution in [1.29, 1.82) is 0 Å². The molecule has 1 fully saturated rings. The van der Waals surface area contributed by atoms with Crippen molar-refractivity contribution >= 4 is 11.6 Å². The number of nitrogens with zero attached hydrogens (tertiary/aromatic N) is 2. The highest BCUT2D eigenvalue weighted by Gasteiger charge is 2.38. The summed E-state index contributed by atoms with van der Waals surface area (Å²) in [6, 6.07) is 0. The number of aryl methyl sites for hydroxylation is 1. The van der Waals surface area contributed by atoms with E-state index >= 15 is 0 Å². The fourth-order valence-electron chi connectivity index (χ4n) is 3.76. The Labute approximate surface area is 132 Å². The summed E-state index contributed by atoms with van der Waals surface area (Å²) in [6.45, 7) is 2.76. The fraction of sp³-hybridized carbons (Fsp3) is 0.765. The molecule has 2 aliphatic rings. The lowest BCUT2D eigenvalue weighted by Gasteiger charge is -2.36. The van der Waals surface area contributed by atoms with Gasteiger partial charge in [-0.2, -0.15) is 0 Å². The van der Waals surface area contributed by atoms with Crippen molar-refractivity contribution in [2.75, 3.05) is 6.61 Å². The van der Waals surface area contributed by atoms with Gasteiger partial charge in [0.2, 0.25) is 0 Å². The Bertz CT molecular complexity index is 492. The number of rotatable bonds is 3. The smallest absolute Gasteiger partial charge is 0.162 e. The Hall–Kier alpha value is -0.670. The SMILES string of the molecule is CCOC1(c2nc(Cl)c3c(n2)CCCCC3)CCCCC1. The van der Waals surface area contributed by atoms with Gasteiger partial charge in [0.25, 0.3) is 0 Å². The summed E-state index contributed by atoms with van der Waals surface area (Å²) in [7, 11) is 0. The van der Waals surface area contributed by atoms with Crippen molar-refractivity contribution in [2.45, 2.75) is 76.7 Å². The zero-order chi connectivity index (χ0) is 14.7. The van der Waals surface area contributed by atoms with Gasteiger partial charge in [0.15, 0.2) is 5.82 Å². The molecule has 1 saturated carbocycles. The normalized spacial score (nSPS) is 21.6. The molecule has 0 aromatic carbocycles. The van der Waals surface area contributed by atoms with Crippen molar-refractivity contribution in [3.8, 4) is 0 Å². The summed E-state index contributed by atoms with van der Waals surface area (Å²) in [4.78, 5) is 9.60. The number of hydrogen-bond donors (Lipinski definition) is 0. The molecular formula is C17H25ClN2O. The van der Waals surface area contributed by atoms with Gasteiger partial charge in [-0.05, 0) is 45.4 Å². The second-order valence-corrected chi connectivity index (χ2v) is 6.67. The van der Waals surface area contributed by atoms with Crippen LogP contribution in [-0.4, -0.2) is 16.6 Å². The van der Waals surface area contributed by atoms with E-state index in [1.54, 1.807) is 0 Å². The molecule has 1 aromatic rings. The summed E-state index contributed by atoms with van der Waals surface area (Å²) < 4.78 is 6.15. The molecule has 0 saturated heterocycles. The zero-order valence-corrected chi connectivity index (χ0v) is 13.7. The average molecular weight is 309 g/mol. The van der Waals surface area contributed by atoms with Crippen molar-refractivity contribution in [3.63, 3.8) is 0 Å². The molecule has 2 aliphatic carbocycles. The summed E-state index contributed by atoms with van der Waals surface area (Å²) >= 11 is 6.49. The minimum Gasteiger partial charge on any atom is -0.367 e. The Morgan fingerprint density at radius 2 is 1.71 bits per heavy atom. The maximum atomic E-state index is 6.49. The van der Waals surface area contributed by atoms with Crippen molar-refractivity contribution in [2.24, 2.45) is 0 Å². The van der Waals surface area contributed by atoms with Crippen LogP contribution in [0.5, 0.6) is 0 Å². The molecule has 1 heterocycles. The molecule has 4 heteroatoms. The highest BCUT2D eigenvalue weighted by atomic mass is 35.5. The number of fused-ring (bicyclic) bond motifs is 1. The predicted molar refractivity (Wildman–Crippen MR) is 84.7 cm³/mol. The Morgan fingerprint density at radius 3 is 2.48 bits per heavy atom. The van der Waals surface area contributed by atoms with Crippen molar-refractivity contribution < 1.29 is 4.74 Å². The number of aromatic nitrogens is 2. The van der Waals surface area contributed by atoms with Crippen LogP contribution in [-0.2, 0) is 23.2 Å². The molecule has 0 amide bonds. The van der Waals surface area contributed by atoms with Gasteiger partial charge < -0.3 is 4.74 Å².